The van der Waals surface area contributed by atoms with E-state index in [0.717, 1.165) is 38.1 Å². The number of nitrogens with zero attached hydrogens (tertiary/aromatic N) is 3. The second kappa shape index (κ2) is 5.95. The van der Waals surface area contributed by atoms with E-state index in [1.807, 2.05) is 14.1 Å². The quantitative estimate of drug-likeness (QED) is 0.701. The molecule has 0 atom stereocenters. The van der Waals surface area contributed by atoms with E-state index in [9.17, 15) is 4.79 Å². The molecule has 0 radical (unpaired) electrons. The average molecular weight is 251 g/mol. The van der Waals surface area contributed by atoms with E-state index in [2.05, 4.69) is 25.4 Å². The first kappa shape index (κ1) is 13.0. The number of rotatable bonds is 7. The molecule has 0 unspecified atom stereocenters. The van der Waals surface area contributed by atoms with E-state index in [1.54, 1.807) is 0 Å². The molecule has 1 heterocycles. The molecule has 1 aromatic rings. The summed E-state index contributed by atoms with van der Waals surface area (Å²) in [7, 11) is 4.09. The lowest BCUT2D eigenvalue weighted by Crippen LogP contribution is -2.26. The van der Waals surface area contributed by atoms with Crippen LogP contribution in [0.25, 0.3) is 0 Å². The molecule has 1 aromatic heterocycles. The van der Waals surface area contributed by atoms with Gasteiger partial charge in [0.05, 0.1) is 0 Å². The van der Waals surface area contributed by atoms with E-state index in [4.69, 9.17) is 0 Å². The third-order valence-corrected chi connectivity index (χ3v) is 2.99. The molecule has 1 aliphatic carbocycles. The molecule has 1 fully saturated rings. The van der Waals surface area contributed by atoms with E-state index >= 15 is 0 Å². The second-order valence-corrected chi connectivity index (χ2v) is 5.08. The third-order valence-electron chi connectivity index (χ3n) is 2.99. The summed E-state index contributed by atoms with van der Waals surface area (Å²) in [6.07, 6.45) is 4.36. The molecule has 1 aliphatic rings. The van der Waals surface area contributed by atoms with Gasteiger partial charge in [0.15, 0.2) is 0 Å². The van der Waals surface area contributed by atoms with E-state index < -0.39 is 0 Å². The van der Waals surface area contributed by atoms with Crippen LogP contribution >= 0.6 is 0 Å². The standard InChI is InChI=1S/C12H21N5O/c1-17(2)8-4-3-7-13-12(18)11-14-10(15-16-11)9-5-6-9/h9H,3-8H2,1-2H3,(H,13,18)(H,14,15,16). The number of carbonyl (C=O) groups is 1. The number of nitrogens with one attached hydrogen (secondary N) is 2. The van der Waals surface area contributed by atoms with Crippen LogP contribution in [0, 0.1) is 0 Å². The molecule has 0 aromatic carbocycles. The summed E-state index contributed by atoms with van der Waals surface area (Å²) in [6.45, 7) is 1.72. The number of aromatic amines is 1. The molecule has 2 N–H and O–H groups in total. The normalized spacial score (nSPS) is 15.1. The van der Waals surface area contributed by atoms with Gasteiger partial charge in [-0.05, 0) is 46.3 Å². The van der Waals surface area contributed by atoms with Crippen LogP contribution in [0.4, 0.5) is 0 Å². The zero-order valence-electron chi connectivity index (χ0n) is 11.1. The van der Waals surface area contributed by atoms with Crippen LogP contribution in [0.2, 0.25) is 0 Å². The van der Waals surface area contributed by atoms with Gasteiger partial charge in [0, 0.05) is 12.5 Å². The van der Waals surface area contributed by atoms with Gasteiger partial charge in [-0.2, -0.15) is 0 Å². The molecule has 0 bridgehead atoms. The van der Waals surface area contributed by atoms with Crippen LogP contribution in [-0.4, -0.2) is 53.2 Å². The van der Waals surface area contributed by atoms with Crippen molar-refractivity contribution < 1.29 is 4.79 Å². The highest BCUT2D eigenvalue weighted by molar-refractivity contribution is 5.90. The van der Waals surface area contributed by atoms with Crippen LogP contribution in [0.5, 0.6) is 0 Å². The number of hydrogen-bond acceptors (Lipinski definition) is 4. The maximum Gasteiger partial charge on any atom is 0.290 e. The highest BCUT2D eigenvalue weighted by Crippen LogP contribution is 2.37. The molecule has 2 rings (SSSR count). The number of aromatic nitrogens is 3. The average Bonchev–Trinajstić information content (AvgIpc) is 3.06. The second-order valence-electron chi connectivity index (χ2n) is 5.08. The molecule has 1 amide bonds. The van der Waals surface area contributed by atoms with Crippen molar-refractivity contribution in [3.63, 3.8) is 0 Å². The van der Waals surface area contributed by atoms with Crippen LogP contribution in [0.3, 0.4) is 0 Å². The Morgan fingerprint density at radius 2 is 2.22 bits per heavy atom. The molecule has 6 heteroatoms. The lowest BCUT2D eigenvalue weighted by atomic mass is 10.3. The van der Waals surface area contributed by atoms with Gasteiger partial charge < -0.3 is 10.2 Å². The van der Waals surface area contributed by atoms with Crippen molar-refractivity contribution in [1.82, 2.24) is 25.4 Å². The Labute approximate surface area is 107 Å². The van der Waals surface area contributed by atoms with Crippen LogP contribution in [0.1, 0.15) is 48.0 Å². The monoisotopic (exact) mass is 251 g/mol. The first-order valence-corrected chi connectivity index (χ1v) is 6.52. The predicted molar refractivity (Wildman–Crippen MR) is 68.5 cm³/mol. The Morgan fingerprint density at radius 3 is 2.89 bits per heavy atom. The van der Waals surface area contributed by atoms with Crippen molar-refractivity contribution in [2.75, 3.05) is 27.2 Å². The summed E-state index contributed by atoms with van der Waals surface area (Å²) in [5.41, 5.74) is 0. The largest absolute Gasteiger partial charge is 0.349 e. The van der Waals surface area contributed by atoms with Crippen molar-refractivity contribution in [3.8, 4) is 0 Å². The smallest absolute Gasteiger partial charge is 0.290 e. The Bertz CT molecular complexity index is 397. The molecule has 0 aliphatic heterocycles. The Morgan fingerprint density at radius 1 is 1.44 bits per heavy atom. The minimum Gasteiger partial charge on any atom is -0.349 e. The van der Waals surface area contributed by atoms with Crippen LogP contribution < -0.4 is 5.32 Å². The zero-order valence-corrected chi connectivity index (χ0v) is 11.1. The number of amides is 1. The summed E-state index contributed by atoms with van der Waals surface area (Å²) in [4.78, 5) is 18.1. The Kier molecular flexibility index (Phi) is 4.30. The molecule has 6 nitrogen and oxygen atoms in total. The summed E-state index contributed by atoms with van der Waals surface area (Å²) in [5, 5.41) is 9.63. The van der Waals surface area contributed by atoms with Crippen molar-refractivity contribution in [2.24, 2.45) is 0 Å². The summed E-state index contributed by atoms with van der Waals surface area (Å²) >= 11 is 0. The maximum atomic E-state index is 11.7. The molecular formula is C12H21N5O. The van der Waals surface area contributed by atoms with Gasteiger partial charge in [-0.1, -0.05) is 0 Å². The van der Waals surface area contributed by atoms with E-state index in [-0.39, 0.29) is 11.7 Å². The third kappa shape index (κ3) is 3.80. The molecule has 0 spiro atoms. The SMILES string of the molecule is CN(C)CCCCNC(=O)c1n[nH]c(C2CC2)n1. The van der Waals surface area contributed by atoms with Crippen molar-refractivity contribution >= 4 is 5.91 Å². The van der Waals surface area contributed by atoms with Crippen molar-refractivity contribution in [1.29, 1.82) is 0 Å². The molecule has 1 saturated carbocycles. The lowest BCUT2D eigenvalue weighted by Gasteiger charge is -2.08. The van der Waals surface area contributed by atoms with Gasteiger partial charge in [0.25, 0.3) is 5.91 Å². The highest BCUT2D eigenvalue weighted by Gasteiger charge is 2.28. The van der Waals surface area contributed by atoms with Crippen LogP contribution in [0.15, 0.2) is 0 Å². The van der Waals surface area contributed by atoms with Gasteiger partial charge in [0.1, 0.15) is 5.82 Å². The summed E-state index contributed by atoms with van der Waals surface area (Å²) in [6, 6.07) is 0. The summed E-state index contributed by atoms with van der Waals surface area (Å²) in [5.74, 6) is 1.44. The first-order chi connectivity index (χ1) is 8.66. The fourth-order valence-electron chi connectivity index (χ4n) is 1.75. The molecule has 0 saturated heterocycles. The predicted octanol–water partition coefficient (Wildman–Crippen LogP) is 0.754. The van der Waals surface area contributed by atoms with Crippen molar-refractivity contribution in [2.45, 2.75) is 31.6 Å². The lowest BCUT2D eigenvalue weighted by molar-refractivity contribution is 0.0942. The number of unbranched alkanes of at least 4 members (excludes halogenated alkanes) is 1. The maximum absolute atomic E-state index is 11.7. The van der Waals surface area contributed by atoms with Gasteiger partial charge in [0.2, 0.25) is 5.82 Å². The number of hydrogen-bond donors (Lipinski definition) is 2. The minimum atomic E-state index is -0.178. The number of H-pyrrole nitrogens is 1. The van der Waals surface area contributed by atoms with Crippen LogP contribution in [-0.2, 0) is 0 Å². The highest BCUT2D eigenvalue weighted by atomic mass is 16.2. The molecule has 100 valence electrons. The molecular weight excluding hydrogens is 230 g/mol. The van der Waals surface area contributed by atoms with Gasteiger partial charge in [-0.3, -0.25) is 9.89 Å². The van der Waals surface area contributed by atoms with E-state index in [0.29, 0.717) is 12.5 Å². The van der Waals surface area contributed by atoms with Gasteiger partial charge >= 0.3 is 0 Å². The summed E-state index contributed by atoms with van der Waals surface area (Å²) < 4.78 is 0. The first-order valence-electron chi connectivity index (χ1n) is 6.52. The Balaban J connectivity index is 1.67. The van der Waals surface area contributed by atoms with E-state index in [1.165, 1.54) is 0 Å². The Hall–Kier alpha value is -1.43. The van der Waals surface area contributed by atoms with Gasteiger partial charge in [-0.15, -0.1) is 5.10 Å². The molecule has 18 heavy (non-hydrogen) atoms. The fourth-order valence-corrected chi connectivity index (χ4v) is 1.75. The minimum absolute atomic E-state index is 0.178. The van der Waals surface area contributed by atoms with Gasteiger partial charge in [-0.25, -0.2) is 4.98 Å². The van der Waals surface area contributed by atoms with Crippen molar-refractivity contribution in [3.05, 3.63) is 11.6 Å². The zero-order chi connectivity index (χ0) is 13.0. The topological polar surface area (TPSA) is 73.9 Å². The number of carbonyl (C=O) groups excluding carboxylic acids is 1. The fraction of sp³-hybridized carbons (Fsp3) is 0.750.